The SMILES string of the molecule is COCCOc1ccc(-c2cnc(C3CCC(NC(=O)OC(C)C)CC3)s2)c(S(=O)(=O)NC(C)(C)C)c1. The van der Waals surface area contributed by atoms with Crippen molar-refractivity contribution in [1.82, 2.24) is 15.0 Å². The molecule has 1 heterocycles. The van der Waals surface area contributed by atoms with Crippen molar-refractivity contribution in [3.63, 3.8) is 0 Å². The lowest BCUT2D eigenvalue weighted by atomic mass is 9.86. The third kappa shape index (κ3) is 8.66. The van der Waals surface area contributed by atoms with Gasteiger partial charge in [-0.3, -0.25) is 0 Å². The number of hydrogen-bond donors (Lipinski definition) is 2. The highest BCUT2D eigenvalue weighted by Crippen LogP contribution is 2.40. The van der Waals surface area contributed by atoms with Crippen LogP contribution in [0.15, 0.2) is 29.3 Å². The molecule has 0 bridgehead atoms. The molecule has 11 heteroatoms. The Kier molecular flexibility index (Phi) is 9.96. The van der Waals surface area contributed by atoms with Crippen molar-refractivity contribution in [2.24, 2.45) is 0 Å². The number of carbonyl (C=O) groups excluding carboxylic acids is 1. The first kappa shape index (κ1) is 29.3. The van der Waals surface area contributed by atoms with Crippen molar-refractivity contribution in [2.45, 2.75) is 88.8 Å². The molecule has 1 aliphatic rings. The number of nitrogens with zero attached hydrogens (tertiary/aromatic N) is 1. The van der Waals surface area contributed by atoms with Crippen LogP contribution in [0.3, 0.4) is 0 Å². The fraction of sp³-hybridized carbons (Fsp3) is 0.615. The molecule has 1 fully saturated rings. The van der Waals surface area contributed by atoms with Crippen LogP contribution >= 0.6 is 11.3 Å². The predicted molar refractivity (Wildman–Crippen MR) is 145 cm³/mol. The smallest absolute Gasteiger partial charge is 0.407 e. The van der Waals surface area contributed by atoms with Crippen LogP contribution in [0.4, 0.5) is 4.79 Å². The molecule has 2 N–H and O–H groups in total. The van der Waals surface area contributed by atoms with E-state index in [1.807, 2.05) is 34.6 Å². The number of amides is 1. The highest BCUT2D eigenvalue weighted by Gasteiger charge is 2.29. The summed E-state index contributed by atoms with van der Waals surface area (Å²) in [6.07, 6.45) is 4.70. The second kappa shape index (κ2) is 12.6. The number of ether oxygens (including phenoxy) is 3. The number of aromatic nitrogens is 1. The Labute approximate surface area is 224 Å². The second-order valence-electron chi connectivity index (χ2n) is 10.6. The van der Waals surface area contributed by atoms with E-state index in [1.54, 1.807) is 31.5 Å². The molecule has 9 nitrogen and oxygen atoms in total. The molecule has 0 radical (unpaired) electrons. The van der Waals surface area contributed by atoms with Gasteiger partial charge >= 0.3 is 6.09 Å². The Hall–Kier alpha value is -2.21. The van der Waals surface area contributed by atoms with E-state index in [9.17, 15) is 13.2 Å². The Morgan fingerprint density at radius 3 is 2.49 bits per heavy atom. The highest BCUT2D eigenvalue weighted by atomic mass is 32.2. The first-order chi connectivity index (χ1) is 17.4. The Bertz CT molecular complexity index is 1150. The number of rotatable bonds is 10. The van der Waals surface area contributed by atoms with Gasteiger partial charge in [0.15, 0.2) is 0 Å². The van der Waals surface area contributed by atoms with Crippen LogP contribution in [0.2, 0.25) is 0 Å². The molecule has 1 saturated carbocycles. The molecule has 0 atom stereocenters. The summed E-state index contributed by atoms with van der Waals surface area (Å²) in [7, 11) is -2.24. The first-order valence-corrected chi connectivity index (χ1v) is 14.9. The maximum absolute atomic E-state index is 13.4. The van der Waals surface area contributed by atoms with Gasteiger partial charge in [0, 0.05) is 42.4 Å². The third-order valence-corrected chi connectivity index (χ3v) is 8.76. The largest absolute Gasteiger partial charge is 0.491 e. The van der Waals surface area contributed by atoms with E-state index in [1.165, 1.54) is 11.3 Å². The molecule has 0 spiro atoms. The lowest BCUT2D eigenvalue weighted by Crippen LogP contribution is -2.40. The fourth-order valence-electron chi connectivity index (χ4n) is 4.22. The van der Waals surface area contributed by atoms with Crippen molar-refractivity contribution in [1.29, 1.82) is 0 Å². The summed E-state index contributed by atoms with van der Waals surface area (Å²) in [5, 5.41) is 3.93. The monoisotopic (exact) mass is 553 g/mol. The van der Waals surface area contributed by atoms with Crippen LogP contribution < -0.4 is 14.8 Å². The molecule has 37 heavy (non-hydrogen) atoms. The number of methoxy groups -OCH3 is 1. The van der Waals surface area contributed by atoms with Crippen molar-refractivity contribution in [3.8, 4) is 16.2 Å². The van der Waals surface area contributed by atoms with Gasteiger partial charge in [0.25, 0.3) is 0 Å². The molecule has 0 unspecified atom stereocenters. The van der Waals surface area contributed by atoms with E-state index in [-0.39, 0.29) is 29.1 Å². The van der Waals surface area contributed by atoms with E-state index in [4.69, 9.17) is 14.2 Å². The Morgan fingerprint density at radius 1 is 1.16 bits per heavy atom. The Morgan fingerprint density at radius 2 is 1.86 bits per heavy atom. The number of hydrogen-bond acceptors (Lipinski definition) is 8. The van der Waals surface area contributed by atoms with Gasteiger partial charge in [-0.1, -0.05) is 0 Å². The van der Waals surface area contributed by atoms with Crippen LogP contribution in [-0.4, -0.2) is 57.5 Å². The zero-order valence-corrected chi connectivity index (χ0v) is 24.1. The zero-order chi connectivity index (χ0) is 27.2. The van der Waals surface area contributed by atoms with Gasteiger partial charge in [-0.05, 0) is 72.4 Å². The summed E-state index contributed by atoms with van der Waals surface area (Å²) in [5.41, 5.74) is -0.0535. The zero-order valence-electron chi connectivity index (χ0n) is 22.5. The quantitative estimate of drug-likeness (QED) is 0.395. The van der Waals surface area contributed by atoms with Crippen molar-refractivity contribution < 1.29 is 27.4 Å². The van der Waals surface area contributed by atoms with E-state index >= 15 is 0 Å². The molecule has 0 saturated heterocycles. The third-order valence-electron chi connectivity index (χ3n) is 5.77. The van der Waals surface area contributed by atoms with Gasteiger partial charge in [-0.15, -0.1) is 11.3 Å². The lowest BCUT2D eigenvalue weighted by molar-refractivity contribution is 0.109. The molecule has 0 aliphatic heterocycles. The topological polar surface area (TPSA) is 116 Å². The van der Waals surface area contributed by atoms with E-state index in [0.29, 0.717) is 24.5 Å². The van der Waals surface area contributed by atoms with Gasteiger partial charge in [0.05, 0.1) is 27.5 Å². The predicted octanol–water partition coefficient (Wildman–Crippen LogP) is 5.07. The highest BCUT2D eigenvalue weighted by molar-refractivity contribution is 7.89. The lowest BCUT2D eigenvalue weighted by Gasteiger charge is -2.28. The molecule has 1 aliphatic carbocycles. The number of thiazole rings is 1. The van der Waals surface area contributed by atoms with Crippen molar-refractivity contribution in [3.05, 3.63) is 29.4 Å². The Balaban J connectivity index is 1.79. The number of carbonyl (C=O) groups is 1. The average molecular weight is 554 g/mol. The molecule has 206 valence electrons. The van der Waals surface area contributed by atoms with Gasteiger partial charge in [0.2, 0.25) is 10.0 Å². The molecule has 1 aromatic heterocycles. The molecule has 1 aromatic carbocycles. The van der Waals surface area contributed by atoms with Crippen molar-refractivity contribution in [2.75, 3.05) is 20.3 Å². The minimum absolute atomic E-state index is 0.0906. The van der Waals surface area contributed by atoms with E-state index in [0.717, 1.165) is 35.6 Å². The summed E-state index contributed by atoms with van der Waals surface area (Å²) in [6.45, 7) is 9.80. The van der Waals surface area contributed by atoms with Gasteiger partial charge in [-0.2, -0.15) is 0 Å². The standard InChI is InChI=1S/C26H39N3O6S2/c1-17(2)35-25(30)28-19-9-7-18(8-10-19)24-27-16-22(36-24)21-12-11-20(34-14-13-33-6)15-23(21)37(31,32)29-26(3,4)5/h11-12,15-19,29H,7-10,13-14H2,1-6H3,(H,28,30). The minimum atomic E-state index is -3.83. The van der Waals surface area contributed by atoms with Crippen LogP contribution in [0, 0.1) is 0 Å². The van der Waals surface area contributed by atoms with Gasteiger partial charge in [0.1, 0.15) is 12.4 Å². The van der Waals surface area contributed by atoms with Gasteiger partial charge in [-0.25, -0.2) is 22.9 Å². The maximum atomic E-state index is 13.4. The van der Waals surface area contributed by atoms with Crippen LogP contribution in [0.1, 0.15) is 71.2 Å². The van der Waals surface area contributed by atoms with Crippen LogP contribution in [0.25, 0.3) is 10.4 Å². The number of sulfonamides is 1. The number of benzene rings is 1. The molecule has 3 rings (SSSR count). The summed E-state index contributed by atoms with van der Waals surface area (Å²) < 4.78 is 45.4. The van der Waals surface area contributed by atoms with Gasteiger partial charge < -0.3 is 19.5 Å². The van der Waals surface area contributed by atoms with Crippen LogP contribution in [0.5, 0.6) is 5.75 Å². The average Bonchev–Trinajstić information content (AvgIpc) is 3.28. The second-order valence-corrected chi connectivity index (χ2v) is 13.3. The maximum Gasteiger partial charge on any atom is 0.407 e. The first-order valence-electron chi connectivity index (χ1n) is 12.6. The van der Waals surface area contributed by atoms with E-state index in [2.05, 4.69) is 15.0 Å². The normalized spacial score (nSPS) is 18.6. The number of nitrogens with one attached hydrogen (secondary N) is 2. The molecule has 1 amide bonds. The summed E-state index contributed by atoms with van der Waals surface area (Å²) in [5.74, 6) is 0.726. The number of alkyl carbamates (subject to hydrolysis) is 1. The minimum Gasteiger partial charge on any atom is -0.491 e. The van der Waals surface area contributed by atoms with Crippen LogP contribution in [-0.2, 0) is 19.5 Å². The van der Waals surface area contributed by atoms with E-state index < -0.39 is 15.6 Å². The molecule has 2 aromatic rings. The summed E-state index contributed by atoms with van der Waals surface area (Å²) in [4.78, 5) is 17.5. The summed E-state index contributed by atoms with van der Waals surface area (Å²) >= 11 is 1.52. The van der Waals surface area contributed by atoms with Crippen molar-refractivity contribution >= 4 is 27.5 Å². The molecular formula is C26H39N3O6S2. The fourth-order valence-corrected chi connectivity index (χ4v) is 7.07. The molecular weight excluding hydrogens is 514 g/mol. The summed E-state index contributed by atoms with van der Waals surface area (Å²) in [6, 6.07) is 5.20.